The average Bonchev–Trinajstić information content (AvgIpc) is 3.66. The summed E-state index contributed by atoms with van der Waals surface area (Å²) in [7, 11) is 0. The van der Waals surface area contributed by atoms with Crippen LogP contribution in [0.1, 0.15) is 0 Å². The molecule has 2 nitrogen and oxygen atoms in total. The van der Waals surface area contributed by atoms with Gasteiger partial charge in [-0.25, -0.2) is 0 Å². The molecule has 10 rings (SSSR count). The molecule has 1 heterocycles. The van der Waals surface area contributed by atoms with Crippen LogP contribution in [0.3, 0.4) is 0 Å². The number of thiophene rings is 1. The van der Waals surface area contributed by atoms with Crippen molar-refractivity contribution in [1.82, 2.24) is 0 Å². The Morgan fingerprint density at radius 1 is 0.291 bits per heavy atom. The van der Waals surface area contributed by atoms with E-state index in [4.69, 9.17) is 0 Å². The molecule has 10 aromatic rings. The van der Waals surface area contributed by atoms with Crippen molar-refractivity contribution in [2.75, 3.05) is 9.80 Å². The molecule has 0 radical (unpaired) electrons. The Kier molecular flexibility index (Phi) is 8.40. The standard InChI is InChI=1S/C52H36N2S/c1-5-17-37(18-6-1)38-29-32-43(33-30-38)53(41-22-9-3-10-23-41)50-49(36-35-47-46-34-31-40-21-13-14-27-45(40)51(46)55-52(47)50)54(42-24-11-4-12-25-42)48-28-16-15-26-44(48)39-19-7-2-8-20-39/h1-36H. The van der Waals surface area contributed by atoms with Gasteiger partial charge in [0, 0.05) is 38.1 Å². The average molecular weight is 721 g/mol. The number of fused-ring (bicyclic) bond motifs is 5. The largest absolute Gasteiger partial charge is 0.308 e. The van der Waals surface area contributed by atoms with Gasteiger partial charge in [0.2, 0.25) is 0 Å². The maximum atomic E-state index is 2.46. The predicted molar refractivity (Wildman–Crippen MR) is 237 cm³/mol. The fourth-order valence-electron chi connectivity index (χ4n) is 7.87. The van der Waals surface area contributed by atoms with E-state index in [0.717, 1.165) is 34.1 Å². The number of rotatable bonds is 8. The molecule has 9 aromatic carbocycles. The van der Waals surface area contributed by atoms with Crippen LogP contribution < -0.4 is 9.80 Å². The molecular formula is C52H36N2S. The van der Waals surface area contributed by atoms with Gasteiger partial charge in [0.15, 0.2) is 0 Å². The van der Waals surface area contributed by atoms with Crippen LogP contribution in [0, 0.1) is 0 Å². The molecule has 0 aliphatic carbocycles. The Labute approximate surface area is 325 Å². The Balaban J connectivity index is 1.31. The zero-order chi connectivity index (χ0) is 36.6. The molecule has 0 saturated heterocycles. The summed E-state index contributed by atoms with van der Waals surface area (Å²) in [6.07, 6.45) is 0. The van der Waals surface area contributed by atoms with Crippen molar-refractivity contribution in [3.8, 4) is 22.3 Å². The number of hydrogen-bond acceptors (Lipinski definition) is 3. The summed E-state index contributed by atoms with van der Waals surface area (Å²) in [4.78, 5) is 4.92. The third kappa shape index (κ3) is 5.92. The van der Waals surface area contributed by atoms with Crippen LogP contribution in [-0.2, 0) is 0 Å². The van der Waals surface area contributed by atoms with Crippen molar-refractivity contribution >= 4 is 76.4 Å². The van der Waals surface area contributed by atoms with Crippen molar-refractivity contribution in [1.29, 1.82) is 0 Å². The molecular weight excluding hydrogens is 685 g/mol. The SMILES string of the molecule is c1ccc(-c2ccc(N(c3ccccc3)c3c(N(c4ccccc4)c4ccccc4-c4ccccc4)ccc4c3sc3c5ccccc5ccc43)cc2)cc1. The zero-order valence-corrected chi connectivity index (χ0v) is 30.9. The Hall–Kier alpha value is -6.94. The van der Waals surface area contributed by atoms with Crippen molar-refractivity contribution in [3.05, 3.63) is 218 Å². The van der Waals surface area contributed by atoms with Crippen LogP contribution in [-0.4, -0.2) is 0 Å². The van der Waals surface area contributed by atoms with Crippen LogP contribution in [0.4, 0.5) is 34.1 Å². The minimum absolute atomic E-state index is 1.09. The highest BCUT2D eigenvalue weighted by atomic mass is 32.1. The van der Waals surface area contributed by atoms with Gasteiger partial charge in [-0.2, -0.15) is 0 Å². The third-order valence-electron chi connectivity index (χ3n) is 10.4. The zero-order valence-electron chi connectivity index (χ0n) is 30.1. The lowest BCUT2D eigenvalue weighted by Crippen LogP contribution is -2.17. The van der Waals surface area contributed by atoms with Crippen molar-refractivity contribution < 1.29 is 0 Å². The minimum Gasteiger partial charge on any atom is -0.308 e. The van der Waals surface area contributed by atoms with Crippen LogP contribution in [0.2, 0.25) is 0 Å². The first kappa shape index (κ1) is 32.7. The van der Waals surface area contributed by atoms with Gasteiger partial charge in [-0.3, -0.25) is 0 Å². The van der Waals surface area contributed by atoms with Crippen molar-refractivity contribution in [2.24, 2.45) is 0 Å². The summed E-state index contributed by atoms with van der Waals surface area (Å²) in [5, 5.41) is 5.05. The number of nitrogens with zero attached hydrogens (tertiary/aromatic N) is 2. The predicted octanol–water partition coefficient (Wildman–Crippen LogP) is 15.5. The number of para-hydroxylation sites is 3. The summed E-state index contributed by atoms with van der Waals surface area (Å²) in [6.45, 7) is 0. The summed E-state index contributed by atoms with van der Waals surface area (Å²) in [5.74, 6) is 0. The van der Waals surface area contributed by atoms with E-state index in [-0.39, 0.29) is 0 Å². The molecule has 0 spiro atoms. The normalized spacial score (nSPS) is 11.3. The second-order valence-corrected chi connectivity index (χ2v) is 14.7. The lowest BCUT2D eigenvalue weighted by molar-refractivity contribution is 1.24. The van der Waals surface area contributed by atoms with E-state index < -0.39 is 0 Å². The van der Waals surface area contributed by atoms with Gasteiger partial charge in [-0.05, 0) is 76.0 Å². The first-order chi connectivity index (χ1) is 27.3. The highest BCUT2D eigenvalue weighted by Gasteiger charge is 2.27. The molecule has 0 bridgehead atoms. The van der Waals surface area contributed by atoms with Crippen LogP contribution >= 0.6 is 11.3 Å². The Bertz CT molecular complexity index is 2900. The summed E-state index contributed by atoms with van der Waals surface area (Å²) < 4.78 is 2.54. The van der Waals surface area contributed by atoms with E-state index in [1.165, 1.54) is 53.2 Å². The van der Waals surface area contributed by atoms with Gasteiger partial charge < -0.3 is 9.80 Å². The van der Waals surface area contributed by atoms with E-state index in [1.54, 1.807) is 0 Å². The molecule has 0 aliphatic rings. The van der Waals surface area contributed by atoms with E-state index in [0.29, 0.717) is 0 Å². The second-order valence-electron chi connectivity index (χ2n) is 13.7. The molecule has 0 atom stereocenters. The monoisotopic (exact) mass is 720 g/mol. The molecule has 0 fully saturated rings. The fraction of sp³-hybridized carbons (Fsp3) is 0. The molecule has 260 valence electrons. The number of benzene rings is 9. The maximum absolute atomic E-state index is 2.46. The lowest BCUT2D eigenvalue weighted by atomic mass is 10.0. The molecule has 1 aromatic heterocycles. The second kappa shape index (κ2) is 14.1. The van der Waals surface area contributed by atoms with E-state index in [9.17, 15) is 0 Å². The van der Waals surface area contributed by atoms with Gasteiger partial charge in [0.25, 0.3) is 0 Å². The quantitative estimate of drug-likeness (QED) is 0.154. The fourth-order valence-corrected chi connectivity index (χ4v) is 9.24. The Morgan fingerprint density at radius 2 is 0.800 bits per heavy atom. The molecule has 0 unspecified atom stereocenters. The molecule has 0 saturated carbocycles. The van der Waals surface area contributed by atoms with Gasteiger partial charge in [-0.1, -0.05) is 170 Å². The van der Waals surface area contributed by atoms with Crippen LogP contribution in [0.15, 0.2) is 218 Å². The Morgan fingerprint density at radius 3 is 1.51 bits per heavy atom. The highest BCUT2D eigenvalue weighted by Crippen LogP contribution is 2.54. The third-order valence-corrected chi connectivity index (χ3v) is 11.7. The van der Waals surface area contributed by atoms with Gasteiger partial charge in [0.1, 0.15) is 0 Å². The smallest absolute Gasteiger partial charge is 0.0883 e. The molecule has 0 amide bonds. The first-order valence-electron chi connectivity index (χ1n) is 18.7. The topological polar surface area (TPSA) is 6.48 Å². The van der Waals surface area contributed by atoms with Crippen molar-refractivity contribution in [3.63, 3.8) is 0 Å². The number of anilines is 6. The first-order valence-corrected chi connectivity index (χ1v) is 19.5. The molecule has 55 heavy (non-hydrogen) atoms. The highest BCUT2D eigenvalue weighted by molar-refractivity contribution is 7.27. The van der Waals surface area contributed by atoms with Gasteiger partial charge in [-0.15, -0.1) is 11.3 Å². The number of hydrogen-bond donors (Lipinski definition) is 0. The van der Waals surface area contributed by atoms with Crippen LogP contribution in [0.25, 0.3) is 53.2 Å². The lowest BCUT2D eigenvalue weighted by Gasteiger charge is -2.34. The van der Waals surface area contributed by atoms with Gasteiger partial charge >= 0.3 is 0 Å². The minimum atomic E-state index is 1.09. The van der Waals surface area contributed by atoms with Crippen molar-refractivity contribution in [2.45, 2.75) is 0 Å². The van der Waals surface area contributed by atoms with E-state index in [1.807, 2.05) is 11.3 Å². The molecule has 0 aliphatic heterocycles. The molecule has 0 N–H and O–H groups in total. The van der Waals surface area contributed by atoms with Gasteiger partial charge in [0.05, 0.1) is 21.8 Å². The van der Waals surface area contributed by atoms with E-state index >= 15 is 0 Å². The summed E-state index contributed by atoms with van der Waals surface area (Å²) in [5.41, 5.74) is 11.3. The molecule has 3 heteroatoms. The maximum Gasteiger partial charge on any atom is 0.0883 e. The summed E-state index contributed by atoms with van der Waals surface area (Å²) in [6, 6.07) is 78.8. The van der Waals surface area contributed by atoms with E-state index in [2.05, 4.69) is 228 Å². The summed E-state index contributed by atoms with van der Waals surface area (Å²) >= 11 is 1.89. The van der Waals surface area contributed by atoms with Crippen LogP contribution in [0.5, 0.6) is 0 Å².